The van der Waals surface area contributed by atoms with Crippen LogP contribution >= 0.6 is 11.6 Å². The van der Waals surface area contributed by atoms with Crippen LogP contribution in [0.5, 0.6) is 5.75 Å². The lowest BCUT2D eigenvalue weighted by molar-refractivity contribution is -0.141. The van der Waals surface area contributed by atoms with E-state index in [9.17, 15) is 4.79 Å². The van der Waals surface area contributed by atoms with E-state index in [1.165, 1.54) is 0 Å². The summed E-state index contributed by atoms with van der Waals surface area (Å²) in [7, 11) is 2.07. The van der Waals surface area contributed by atoms with Crippen molar-refractivity contribution in [2.45, 2.75) is 25.9 Å². The van der Waals surface area contributed by atoms with Gasteiger partial charge in [-0.1, -0.05) is 24.6 Å². The Hall–Kier alpha value is -1.26. The van der Waals surface area contributed by atoms with Crippen LogP contribution in [0.2, 0.25) is 5.02 Å². The van der Waals surface area contributed by atoms with Crippen LogP contribution in [0.1, 0.15) is 18.9 Å². The summed E-state index contributed by atoms with van der Waals surface area (Å²) in [6.07, 6.45) is 1.66. The van der Waals surface area contributed by atoms with Crippen LogP contribution in [-0.4, -0.2) is 42.2 Å². The zero-order valence-electron chi connectivity index (χ0n) is 11.8. The standard InChI is InChI=1S/C15H20ClNO3/c1-10(15(18)19)7-11-3-4-14(13(16)8-11)20-12-5-6-17(2)9-12/h3-4,8,10,12H,5-7,9H2,1-2H3,(H,18,19). The normalized spacial score (nSPS) is 20.9. The van der Waals surface area contributed by atoms with E-state index >= 15 is 0 Å². The predicted molar refractivity (Wildman–Crippen MR) is 78.5 cm³/mol. The van der Waals surface area contributed by atoms with Crippen molar-refractivity contribution in [2.24, 2.45) is 5.92 Å². The number of carbonyl (C=O) groups is 1. The molecule has 110 valence electrons. The number of carboxylic acid groups (broad SMARTS) is 1. The summed E-state index contributed by atoms with van der Waals surface area (Å²) >= 11 is 6.22. The van der Waals surface area contributed by atoms with E-state index in [1.54, 1.807) is 13.0 Å². The molecule has 1 aromatic rings. The fourth-order valence-electron chi connectivity index (χ4n) is 2.38. The third kappa shape index (κ3) is 3.87. The van der Waals surface area contributed by atoms with E-state index in [2.05, 4.69) is 11.9 Å². The van der Waals surface area contributed by atoms with Gasteiger partial charge in [-0.2, -0.15) is 0 Å². The molecule has 0 spiro atoms. The minimum Gasteiger partial charge on any atom is -0.487 e. The van der Waals surface area contributed by atoms with E-state index in [0.29, 0.717) is 17.2 Å². The van der Waals surface area contributed by atoms with Gasteiger partial charge in [0.1, 0.15) is 11.9 Å². The van der Waals surface area contributed by atoms with Crippen LogP contribution in [0.4, 0.5) is 0 Å². The molecule has 2 rings (SSSR count). The molecule has 0 bridgehead atoms. The van der Waals surface area contributed by atoms with Crippen molar-refractivity contribution in [3.8, 4) is 5.75 Å². The maximum atomic E-state index is 10.9. The van der Waals surface area contributed by atoms with Crippen LogP contribution in [0.3, 0.4) is 0 Å². The second-order valence-corrected chi connectivity index (χ2v) is 5.91. The third-order valence-electron chi connectivity index (χ3n) is 3.60. The minimum atomic E-state index is -0.796. The van der Waals surface area contributed by atoms with Crippen molar-refractivity contribution in [3.63, 3.8) is 0 Å². The molecule has 0 radical (unpaired) electrons. The van der Waals surface area contributed by atoms with Crippen molar-refractivity contribution in [2.75, 3.05) is 20.1 Å². The number of likely N-dealkylation sites (tertiary alicyclic amines) is 1. The van der Waals surface area contributed by atoms with E-state index in [-0.39, 0.29) is 6.10 Å². The highest BCUT2D eigenvalue weighted by atomic mass is 35.5. The Kier molecular flexibility index (Phi) is 4.89. The Morgan fingerprint density at radius 2 is 2.35 bits per heavy atom. The quantitative estimate of drug-likeness (QED) is 0.908. The number of halogens is 1. The maximum Gasteiger partial charge on any atom is 0.306 e. The van der Waals surface area contributed by atoms with Crippen LogP contribution in [0, 0.1) is 5.92 Å². The lowest BCUT2D eigenvalue weighted by Gasteiger charge is -2.16. The molecule has 0 saturated carbocycles. The number of hydrogen-bond donors (Lipinski definition) is 1. The summed E-state index contributed by atoms with van der Waals surface area (Å²) in [5, 5.41) is 9.47. The Balaban J connectivity index is 2.00. The van der Waals surface area contributed by atoms with Gasteiger partial charge in [-0.15, -0.1) is 0 Å². The molecule has 2 unspecified atom stereocenters. The predicted octanol–water partition coefficient (Wildman–Crippen LogP) is 2.69. The molecule has 20 heavy (non-hydrogen) atoms. The number of likely N-dealkylation sites (N-methyl/N-ethyl adjacent to an activating group) is 1. The molecule has 2 atom stereocenters. The van der Waals surface area contributed by atoms with Crippen LogP contribution < -0.4 is 4.74 Å². The molecule has 4 nitrogen and oxygen atoms in total. The fourth-order valence-corrected chi connectivity index (χ4v) is 2.63. The summed E-state index contributed by atoms with van der Waals surface area (Å²) in [6, 6.07) is 5.53. The second kappa shape index (κ2) is 6.46. The van der Waals surface area contributed by atoms with E-state index in [1.807, 2.05) is 12.1 Å². The van der Waals surface area contributed by atoms with Gasteiger partial charge in [0, 0.05) is 13.1 Å². The van der Waals surface area contributed by atoms with Crippen molar-refractivity contribution in [1.29, 1.82) is 0 Å². The first-order valence-electron chi connectivity index (χ1n) is 6.82. The number of hydrogen-bond acceptors (Lipinski definition) is 3. The summed E-state index contributed by atoms with van der Waals surface area (Å²) in [6.45, 7) is 3.64. The van der Waals surface area contributed by atoms with Gasteiger partial charge in [-0.25, -0.2) is 0 Å². The van der Waals surface area contributed by atoms with Gasteiger partial charge in [0.2, 0.25) is 0 Å². The molecule has 0 aliphatic carbocycles. The number of nitrogens with zero attached hydrogens (tertiary/aromatic N) is 1. The van der Waals surface area contributed by atoms with Crippen molar-refractivity contribution < 1.29 is 14.6 Å². The van der Waals surface area contributed by atoms with E-state index in [0.717, 1.165) is 25.1 Å². The summed E-state index contributed by atoms with van der Waals surface area (Å²) in [5.74, 6) is -0.532. The van der Waals surface area contributed by atoms with Gasteiger partial charge in [0.15, 0.2) is 0 Å². The molecule has 1 N–H and O–H groups in total. The van der Waals surface area contributed by atoms with Gasteiger partial charge < -0.3 is 14.7 Å². The van der Waals surface area contributed by atoms with E-state index in [4.69, 9.17) is 21.4 Å². The molecule has 1 heterocycles. The Morgan fingerprint density at radius 3 is 2.90 bits per heavy atom. The number of rotatable bonds is 5. The van der Waals surface area contributed by atoms with Crippen molar-refractivity contribution >= 4 is 17.6 Å². The molecule has 1 aliphatic heterocycles. The number of carboxylic acids is 1. The topological polar surface area (TPSA) is 49.8 Å². The fraction of sp³-hybridized carbons (Fsp3) is 0.533. The van der Waals surface area contributed by atoms with Crippen molar-refractivity contribution in [1.82, 2.24) is 4.90 Å². The van der Waals surface area contributed by atoms with Crippen molar-refractivity contribution in [3.05, 3.63) is 28.8 Å². The molecule has 0 amide bonds. The molecule has 1 aromatic carbocycles. The van der Waals surface area contributed by atoms with Gasteiger partial charge in [0.05, 0.1) is 10.9 Å². The molecular weight excluding hydrogens is 278 g/mol. The third-order valence-corrected chi connectivity index (χ3v) is 3.90. The minimum absolute atomic E-state index is 0.182. The lowest BCUT2D eigenvalue weighted by Crippen LogP contribution is -2.21. The zero-order chi connectivity index (χ0) is 14.7. The van der Waals surface area contributed by atoms with Crippen LogP contribution in [0.15, 0.2) is 18.2 Å². The average Bonchev–Trinajstić information content (AvgIpc) is 2.78. The molecule has 5 heteroatoms. The molecule has 1 fully saturated rings. The maximum absolute atomic E-state index is 10.9. The first kappa shape index (κ1) is 15.1. The first-order chi connectivity index (χ1) is 9.45. The van der Waals surface area contributed by atoms with Gasteiger partial charge in [-0.3, -0.25) is 4.79 Å². The molecule has 1 aliphatic rings. The molecule has 1 saturated heterocycles. The Bertz CT molecular complexity index is 492. The van der Waals surface area contributed by atoms with Crippen LogP contribution in [-0.2, 0) is 11.2 Å². The van der Waals surface area contributed by atoms with Crippen LogP contribution in [0.25, 0.3) is 0 Å². The number of aliphatic carboxylic acids is 1. The smallest absolute Gasteiger partial charge is 0.306 e. The number of ether oxygens (including phenoxy) is 1. The van der Waals surface area contributed by atoms with E-state index < -0.39 is 11.9 Å². The molecule has 0 aromatic heterocycles. The summed E-state index contributed by atoms with van der Waals surface area (Å²) in [4.78, 5) is 13.1. The SMILES string of the molecule is CC(Cc1ccc(OC2CCN(C)C2)c(Cl)c1)C(=O)O. The zero-order valence-corrected chi connectivity index (χ0v) is 12.6. The van der Waals surface area contributed by atoms with Gasteiger partial charge >= 0.3 is 5.97 Å². The second-order valence-electron chi connectivity index (χ2n) is 5.50. The molecular formula is C15H20ClNO3. The highest BCUT2D eigenvalue weighted by molar-refractivity contribution is 6.32. The monoisotopic (exact) mass is 297 g/mol. The highest BCUT2D eigenvalue weighted by Crippen LogP contribution is 2.28. The lowest BCUT2D eigenvalue weighted by atomic mass is 10.0. The first-order valence-corrected chi connectivity index (χ1v) is 7.20. The Labute approximate surface area is 124 Å². The number of benzene rings is 1. The van der Waals surface area contributed by atoms with Gasteiger partial charge in [0.25, 0.3) is 0 Å². The Morgan fingerprint density at radius 1 is 1.60 bits per heavy atom. The summed E-state index contributed by atoms with van der Waals surface area (Å²) < 4.78 is 5.89. The summed E-state index contributed by atoms with van der Waals surface area (Å²) in [5.41, 5.74) is 0.917. The average molecular weight is 298 g/mol. The highest BCUT2D eigenvalue weighted by Gasteiger charge is 2.22. The largest absolute Gasteiger partial charge is 0.487 e. The van der Waals surface area contributed by atoms with Gasteiger partial charge in [-0.05, 0) is 37.6 Å².